The Kier molecular flexibility index (Phi) is 5.18. The van der Waals surface area contributed by atoms with Gasteiger partial charge in [0.05, 0.1) is 24.5 Å². The number of rotatable bonds is 5. The number of hydrogen-bond acceptors (Lipinski definition) is 4. The average molecular weight is 367 g/mol. The molecule has 2 saturated heterocycles. The lowest BCUT2D eigenvalue weighted by Gasteiger charge is -2.33. The van der Waals surface area contributed by atoms with Crippen molar-refractivity contribution in [2.45, 2.75) is 32.4 Å². The van der Waals surface area contributed by atoms with Crippen molar-refractivity contribution in [2.24, 2.45) is 11.8 Å². The molecule has 0 unspecified atom stereocenters. The number of carbonyl (C=O) groups excluding carboxylic acids is 2. The van der Waals surface area contributed by atoms with Crippen LogP contribution in [0.4, 0.5) is 0 Å². The van der Waals surface area contributed by atoms with Crippen molar-refractivity contribution in [2.75, 3.05) is 19.6 Å². The molecular weight excluding hydrogens is 342 g/mol. The van der Waals surface area contributed by atoms with Crippen LogP contribution in [0, 0.1) is 11.8 Å². The highest BCUT2D eigenvalue weighted by Gasteiger charge is 2.37. The second-order valence-electron chi connectivity index (χ2n) is 7.52. The van der Waals surface area contributed by atoms with Gasteiger partial charge in [-0.15, -0.1) is 0 Å². The largest absolute Gasteiger partial charge is 0.342 e. The van der Waals surface area contributed by atoms with Crippen LogP contribution in [0.15, 0.2) is 43.1 Å². The van der Waals surface area contributed by atoms with Crippen molar-refractivity contribution in [3.63, 3.8) is 0 Å². The Morgan fingerprint density at radius 1 is 1.19 bits per heavy atom. The van der Waals surface area contributed by atoms with Crippen molar-refractivity contribution in [1.82, 2.24) is 24.3 Å². The van der Waals surface area contributed by atoms with Gasteiger partial charge in [-0.1, -0.05) is 6.07 Å². The van der Waals surface area contributed by atoms with Crippen LogP contribution in [0.3, 0.4) is 0 Å². The van der Waals surface area contributed by atoms with Crippen molar-refractivity contribution < 1.29 is 9.59 Å². The van der Waals surface area contributed by atoms with Gasteiger partial charge in [0.1, 0.15) is 0 Å². The Balaban J connectivity index is 1.28. The fourth-order valence-corrected chi connectivity index (χ4v) is 4.06. The predicted octanol–water partition coefficient (Wildman–Crippen LogP) is 1.57. The number of likely N-dealkylation sites (tertiary alicyclic amines) is 2. The first-order valence-electron chi connectivity index (χ1n) is 9.61. The zero-order chi connectivity index (χ0) is 18.6. The van der Waals surface area contributed by atoms with E-state index in [1.54, 1.807) is 17.3 Å². The van der Waals surface area contributed by atoms with Crippen LogP contribution in [0.25, 0.3) is 0 Å². The Morgan fingerprint density at radius 3 is 2.74 bits per heavy atom. The highest BCUT2D eigenvalue weighted by molar-refractivity contribution is 5.89. The quantitative estimate of drug-likeness (QED) is 0.804. The van der Waals surface area contributed by atoms with Crippen molar-refractivity contribution in [1.29, 1.82) is 0 Å². The van der Waals surface area contributed by atoms with Gasteiger partial charge in [-0.3, -0.25) is 14.6 Å². The lowest BCUT2D eigenvalue weighted by atomic mass is 9.95. The number of carbonyl (C=O) groups is 2. The predicted molar refractivity (Wildman–Crippen MR) is 99.3 cm³/mol. The highest BCUT2D eigenvalue weighted by atomic mass is 16.2. The summed E-state index contributed by atoms with van der Waals surface area (Å²) < 4.78 is 2.10. The number of amides is 2. The maximum atomic E-state index is 12.9. The van der Waals surface area contributed by atoms with Crippen LogP contribution < -0.4 is 0 Å². The Morgan fingerprint density at radius 2 is 2.04 bits per heavy atom. The number of hydrogen-bond donors (Lipinski definition) is 0. The van der Waals surface area contributed by atoms with Crippen LogP contribution in [0.5, 0.6) is 0 Å². The molecule has 7 nitrogen and oxygen atoms in total. The van der Waals surface area contributed by atoms with E-state index < -0.39 is 0 Å². The molecule has 7 heteroatoms. The van der Waals surface area contributed by atoms with E-state index >= 15 is 0 Å². The number of pyridine rings is 1. The van der Waals surface area contributed by atoms with Gasteiger partial charge in [0.15, 0.2) is 0 Å². The maximum Gasteiger partial charge on any atom is 0.227 e. The molecule has 27 heavy (non-hydrogen) atoms. The lowest BCUT2D eigenvalue weighted by molar-refractivity contribution is -0.137. The summed E-state index contributed by atoms with van der Waals surface area (Å²) in [6.07, 6.45) is 9.68. The Hall–Kier alpha value is -2.70. The van der Waals surface area contributed by atoms with Gasteiger partial charge in [-0.2, -0.15) is 0 Å². The zero-order valence-electron chi connectivity index (χ0n) is 15.4. The fourth-order valence-electron chi connectivity index (χ4n) is 4.06. The van der Waals surface area contributed by atoms with E-state index in [4.69, 9.17) is 0 Å². The molecule has 142 valence electrons. The normalized spacial score (nSPS) is 21.0. The Labute approximate surface area is 159 Å². The summed E-state index contributed by atoms with van der Waals surface area (Å²) in [6.45, 7) is 3.51. The number of imidazole rings is 1. The van der Waals surface area contributed by atoms with Crippen LogP contribution in [0.1, 0.15) is 25.0 Å². The molecular formula is C20H25N5O2. The molecule has 0 bridgehead atoms. The topological polar surface area (TPSA) is 71.3 Å². The van der Waals surface area contributed by atoms with E-state index in [0.717, 1.165) is 38.2 Å². The first-order chi connectivity index (χ1) is 13.2. The third kappa shape index (κ3) is 4.18. The monoisotopic (exact) mass is 367 g/mol. The molecule has 2 amide bonds. The summed E-state index contributed by atoms with van der Waals surface area (Å²) in [7, 11) is 0. The third-order valence-electron chi connectivity index (χ3n) is 5.60. The summed E-state index contributed by atoms with van der Waals surface area (Å²) >= 11 is 0. The summed E-state index contributed by atoms with van der Waals surface area (Å²) in [4.78, 5) is 37.3. The summed E-state index contributed by atoms with van der Waals surface area (Å²) in [5.41, 5.74) is 0.860. The minimum absolute atomic E-state index is 0.0500. The van der Waals surface area contributed by atoms with Gasteiger partial charge in [-0.05, 0) is 30.9 Å². The maximum absolute atomic E-state index is 12.9. The first kappa shape index (κ1) is 17.7. The van der Waals surface area contributed by atoms with Crippen LogP contribution in [-0.2, 0) is 22.7 Å². The van der Waals surface area contributed by atoms with Crippen LogP contribution in [0.2, 0.25) is 0 Å². The second-order valence-corrected chi connectivity index (χ2v) is 7.52. The Bertz CT molecular complexity index is 769. The minimum Gasteiger partial charge on any atom is -0.342 e. The van der Waals surface area contributed by atoms with Crippen molar-refractivity contribution >= 4 is 11.8 Å². The van der Waals surface area contributed by atoms with E-state index in [1.807, 2.05) is 35.6 Å². The molecule has 2 aliphatic heterocycles. The number of aromatic nitrogens is 3. The van der Waals surface area contributed by atoms with E-state index in [0.29, 0.717) is 25.4 Å². The van der Waals surface area contributed by atoms with Crippen molar-refractivity contribution in [3.05, 3.63) is 48.8 Å². The second kappa shape index (κ2) is 7.90. The van der Waals surface area contributed by atoms with Gasteiger partial charge in [0, 0.05) is 51.2 Å². The molecule has 2 fully saturated rings. The van der Waals surface area contributed by atoms with Crippen LogP contribution >= 0.6 is 0 Å². The van der Waals surface area contributed by atoms with Gasteiger partial charge >= 0.3 is 0 Å². The first-order valence-corrected chi connectivity index (χ1v) is 9.61. The van der Waals surface area contributed by atoms with Gasteiger partial charge in [0.25, 0.3) is 0 Å². The van der Waals surface area contributed by atoms with Gasteiger partial charge in [0.2, 0.25) is 11.8 Å². The summed E-state index contributed by atoms with van der Waals surface area (Å²) in [5.74, 6) is 0.544. The molecule has 1 atom stereocenters. The van der Waals surface area contributed by atoms with Crippen LogP contribution in [-0.4, -0.2) is 55.8 Å². The molecule has 2 aromatic heterocycles. The van der Waals surface area contributed by atoms with E-state index in [9.17, 15) is 9.59 Å². The number of nitrogens with zero attached hydrogens (tertiary/aromatic N) is 5. The standard InChI is InChI=1S/C20H25N5O2/c26-19-11-17(13-25(19)14-18-3-1-2-6-22-18)20(27)24-8-4-16(5-9-24)12-23-10-7-21-15-23/h1-3,6-7,10,15-17H,4-5,8-9,11-14H2/t17-/m1/s1. The van der Waals surface area contributed by atoms with Crippen molar-refractivity contribution in [3.8, 4) is 0 Å². The molecule has 0 aliphatic carbocycles. The lowest BCUT2D eigenvalue weighted by Crippen LogP contribution is -2.43. The zero-order valence-corrected chi connectivity index (χ0v) is 15.4. The SMILES string of the molecule is O=C1C[C@@H](C(=O)N2CCC(Cn3ccnc3)CC2)CN1Cc1ccccn1. The molecule has 2 aliphatic rings. The van der Waals surface area contributed by atoms with E-state index in [1.165, 1.54) is 0 Å². The molecule has 0 aromatic carbocycles. The highest BCUT2D eigenvalue weighted by Crippen LogP contribution is 2.25. The van der Waals surface area contributed by atoms with E-state index in [-0.39, 0.29) is 17.7 Å². The molecule has 4 heterocycles. The molecule has 4 rings (SSSR count). The molecule has 0 N–H and O–H groups in total. The average Bonchev–Trinajstić information content (AvgIpc) is 3.33. The van der Waals surface area contributed by atoms with E-state index in [2.05, 4.69) is 14.5 Å². The fraction of sp³-hybridized carbons (Fsp3) is 0.500. The third-order valence-corrected chi connectivity index (χ3v) is 5.60. The number of piperidine rings is 1. The smallest absolute Gasteiger partial charge is 0.227 e. The van der Waals surface area contributed by atoms with Gasteiger partial charge < -0.3 is 14.4 Å². The molecule has 0 spiro atoms. The molecule has 0 saturated carbocycles. The van der Waals surface area contributed by atoms with Gasteiger partial charge in [-0.25, -0.2) is 4.98 Å². The molecule has 0 radical (unpaired) electrons. The molecule has 2 aromatic rings. The minimum atomic E-state index is -0.216. The summed E-state index contributed by atoms with van der Waals surface area (Å²) in [5, 5.41) is 0. The summed E-state index contributed by atoms with van der Waals surface area (Å²) in [6, 6.07) is 5.69.